The Morgan fingerprint density at radius 3 is 2.67 bits per heavy atom. The third-order valence-corrected chi connectivity index (χ3v) is 2.70. The van der Waals surface area contributed by atoms with Crippen molar-refractivity contribution in [2.75, 3.05) is 13.7 Å². The zero-order chi connectivity index (χ0) is 11.5. The fourth-order valence-electron chi connectivity index (χ4n) is 1.87. The molecule has 15 heavy (non-hydrogen) atoms. The Bertz CT molecular complexity index is 257. The number of carbonyl (C=O) groups excluding carboxylic acids is 2. The van der Waals surface area contributed by atoms with Gasteiger partial charge in [-0.25, -0.2) is 0 Å². The monoisotopic (exact) mass is 214 g/mol. The molecule has 1 rings (SSSR count). The van der Waals surface area contributed by atoms with Crippen LogP contribution in [0.15, 0.2) is 0 Å². The minimum atomic E-state index is -0.454. The van der Waals surface area contributed by atoms with E-state index in [2.05, 4.69) is 4.74 Å². The van der Waals surface area contributed by atoms with Gasteiger partial charge in [0.15, 0.2) is 0 Å². The third kappa shape index (κ3) is 3.63. The van der Waals surface area contributed by atoms with E-state index in [1.807, 2.05) is 13.8 Å². The second kappa shape index (κ2) is 4.75. The maximum absolute atomic E-state index is 11.7. The van der Waals surface area contributed by atoms with Gasteiger partial charge in [0.1, 0.15) is 12.2 Å². The lowest BCUT2D eigenvalue weighted by molar-refractivity contribution is -0.147. The summed E-state index contributed by atoms with van der Waals surface area (Å²) in [6.07, 6.45) is 1.28. The number of ketones is 1. The highest BCUT2D eigenvalue weighted by atomic mass is 16.5. The number of hydrogen-bond donors (Lipinski definition) is 0. The average molecular weight is 214 g/mol. The van der Waals surface area contributed by atoms with Gasteiger partial charge in [-0.15, -0.1) is 0 Å². The summed E-state index contributed by atoms with van der Waals surface area (Å²) < 4.78 is 9.98. The highest BCUT2D eigenvalue weighted by molar-refractivity contribution is 5.96. The highest BCUT2D eigenvalue weighted by Gasteiger charge is 2.33. The van der Waals surface area contributed by atoms with Crippen molar-refractivity contribution in [1.82, 2.24) is 0 Å². The quantitative estimate of drug-likeness (QED) is 0.525. The molecule has 0 saturated carbocycles. The fourth-order valence-corrected chi connectivity index (χ4v) is 1.87. The van der Waals surface area contributed by atoms with Crippen LogP contribution >= 0.6 is 0 Å². The summed E-state index contributed by atoms with van der Waals surface area (Å²) >= 11 is 0. The molecule has 1 fully saturated rings. The molecule has 4 nitrogen and oxygen atoms in total. The van der Waals surface area contributed by atoms with Gasteiger partial charge in [-0.3, -0.25) is 9.59 Å². The van der Waals surface area contributed by atoms with Crippen LogP contribution in [0.2, 0.25) is 0 Å². The van der Waals surface area contributed by atoms with Crippen molar-refractivity contribution in [3.63, 3.8) is 0 Å². The van der Waals surface area contributed by atoms with Crippen molar-refractivity contribution in [3.05, 3.63) is 0 Å². The third-order valence-electron chi connectivity index (χ3n) is 2.70. The molecule has 0 amide bonds. The summed E-state index contributed by atoms with van der Waals surface area (Å²) in [5, 5.41) is 0. The molecular weight excluding hydrogens is 196 g/mol. The zero-order valence-corrected chi connectivity index (χ0v) is 9.54. The number of esters is 1. The number of Topliss-reactive ketones (excluding diaryl/α,β-unsaturated/α-hetero) is 1. The molecule has 0 bridgehead atoms. The van der Waals surface area contributed by atoms with E-state index in [-0.39, 0.29) is 23.7 Å². The van der Waals surface area contributed by atoms with Gasteiger partial charge in [0.2, 0.25) is 0 Å². The van der Waals surface area contributed by atoms with Crippen LogP contribution in [0, 0.1) is 5.92 Å². The van der Waals surface area contributed by atoms with Crippen molar-refractivity contribution >= 4 is 11.8 Å². The lowest BCUT2D eigenvalue weighted by atomic mass is 9.84. The summed E-state index contributed by atoms with van der Waals surface area (Å²) in [5.74, 6) is -0.546. The molecule has 1 aliphatic rings. The SMILES string of the molecule is COC(=O)CC(=O)C1CCOC(C)(C)C1. The van der Waals surface area contributed by atoms with Crippen LogP contribution in [0.4, 0.5) is 0 Å². The Labute approximate surface area is 89.9 Å². The first-order valence-corrected chi connectivity index (χ1v) is 5.18. The molecule has 1 heterocycles. The second-order valence-electron chi connectivity index (χ2n) is 4.52. The average Bonchev–Trinajstić information content (AvgIpc) is 2.16. The summed E-state index contributed by atoms with van der Waals surface area (Å²) in [4.78, 5) is 22.7. The largest absolute Gasteiger partial charge is 0.469 e. The number of carbonyl (C=O) groups is 2. The summed E-state index contributed by atoms with van der Waals surface area (Å²) in [7, 11) is 1.30. The van der Waals surface area contributed by atoms with Gasteiger partial charge in [0.25, 0.3) is 0 Å². The maximum atomic E-state index is 11.7. The molecular formula is C11H18O4. The predicted molar refractivity (Wildman–Crippen MR) is 54.4 cm³/mol. The molecule has 0 N–H and O–H groups in total. The minimum Gasteiger partial charge on any atom is -0.469 e. The fraction of sp³-hybridized carbons (Fsp3) is 0.818. The van der Waals surface area contributed by atoms with Crippen molar-refractivity contribution in [2.24, 2.45) is 5.92 Å². The van der Waals surface area contributed by atoms with Gasteiger partial charge in [0, 0.05) is 12.5 Å². The molecule has 0 radical (unpaired) electrons. The van der Waals surface area contributed by atoms with Crippen LogP contribution in [0.5, 0.6) is 0 Å². The molecule has 0 aliphatic carbocycles. The van der Waals surface area contributed by atoms with Crippen molar-refractivity contribution in [3.8, 4) is 0 Å². The first-order valence-electron chi connectivity index (χ1n) is 5.18. The molecule has 86 valence electrons. The normalized spacial score (nSPS) is 24.6. The first-order chi connectivity index (χ1) is 6.94. The number of hydrogen-bond acceptors (Lipinski definition) is 4. The van der Waals surface area contributed by atoms with E-state index in [4.69, 9.17) is 4.74 Å². The lowest BCUT2D eigenvalue weighted by Crippen LogP contribution is -2.37. The van der Waals surface area contributed by atoms with Gasteiger partial charge in [0.05, 0.1) is 12.7 Å². The molecule has 0 aromatic rings. The lowest BCUT2D eigenvalue weighted by Gasteiger charge is -2.34. The standard InChI is InChI=1S/C11H18O4/c1-11(2)7-8(4-5-15-11)9(12)6-10(13)14-3/h8H,4-7H2,1-3H3. The van der Waals surface area contributed by atoms with Crippen LogP contribution in [0.3, 0.4) is 0 Å². The smallest absolute Gasteiger partial charge is 0.313 e. The minimum absolute atomic E-state index is 0.0294. The van der Waals surface area contributed by atoms with Crippen LogP contribution in [0.25, 0.3) is 0 Å². The van der Waals surface area contributed by atoms with Gasteiger partial charge in [-0.2, -0.15) is 0 Å². The molecule has 1 saturated heterocycles. The second-order valence-corrected chi connectivity index (χ2v) is 4.52. The van der Waals surface area contributed by atoms with E-state index in [0.717, 1.165) is 0 Å². The van der Waals surface area contributed by atoms with Crippen LogP contribution in [-0.4, -0.2) is 31.1 Å². The van der Waals surface area contributed by atoms with Gasteiger partial charge in [-0.1, -0.05) is 0 Å². The highest BCUT2D eigenvalue weighted by Crippen LogP contribution is 2.29. The molecule has 1 unspecified atom stereocenters. The molecule has 0 spiro atoms. The van der Waals surface area contributed by atoms with Crippen molar-refractivity contribution in [1.29, 1.82) is 0 Å². The predicted octanol–water partition coefficient (Wildman–Crippen LogP) is 1.32. The van der Waals surface area contributed by atoms with E-state index in [1.165, 1.54) is 7.11 Å². The Balaban J connectivity index is 2.49. The number of methoxy groups -OCH3 is 1. The molecule has 4 heteroatoms. The Morgan fingerprint density at radius 1 is 1.47 bits per heavy atom. The molecule has 0 aromatic heterocycles. The first kappa shape index (κ1) is 12.2. The van der Waals surface area contributed by atoms with E-state index in [9.17, 15) is 9.59 Å². The van der Waals surface area contributed by atoms with Crippen molar-refractivity contribution < 1.29 is 19.1 Å². The van der Waals surface area contributed by atoms with Gasteiger partial charge in [-0.05, 0) is 26.7 Å². The van der Waals surface area contributed by atoms with E-state index in [0.29, 0.717) is 19.4 Å². The Hall–Kier alpha value is -0.900. The number of rotatable bonds is 3. The van der Waals surface area contributed by atoms with E-state index >= 15 is 0 Å². The zero-order valence-electron chi connectivity index (χ0n) is 9.54. The van der Waals surface area contributed by atoms with Crippen LogP contribution < -0.4 is 0 Å². The number of ether oxygens (including phenoxy) is 2. The molecule has 0 aromatic carbocycles. The molecule has 1 atom stereocenters. The van der Waals surface area contributed by atoms with E-state index < -0.39 is 5.97 Å². The van der Waals surface area contributed by atoms with Crippen LogP contribution in [-0.2, 0) is 19.1 Å². The summed E-state index contributed by atoms with van der Waals surface area (Å²) in [6.45, 7) is 4.51. The molecule has 1 aliphatic heterocycles. The summed E-state index contributed by atoms with van der Waals surface area (Å²) in [6, 6.07) is 0. The van der Waals surface area contributed by atoms with Crippen molar-refractivity contribution in [2.45, 2.75) is 38.7 Å². The Kier molecular flexibility index (Phi) is 3.85. The topological polar surface area (TPSA) is 52.6 Å². The van der Waals surface area contributed by atoms with E-state index in [1.54, 1.807) is 0 Å². The summed E-state index contributed by atoms with van der Waals surface area (Å²) in [5.41, 5.74) is -0.255. The van der Waals surface area contributed by atoms with Gasteiger partial charge >= 0.3 is 5.97 Å². The Morgan fingerprint density at radius 2 is 2.13 bits per heavy atom. The maximum Gasteiger partial charge on any atom is 0.313 e. The van der Waals surface area contributed by atoms with Gasteiger partial charge < -0.3 is 9.47 Å². The van der Waals surface area contributed by atoms with Crippen LogP contribution in [0.1, 0.15) is 33.1 Å².